The summed E-state index contributed by atoms with van der Waals surface area (Å²) >= 11 is 0. The van der Waals surface area contributed by atoms with Gasteiger partial charge in [0.15, 0.2) is 0 Å². The molecule has 0 bridgehead atoms. The second-order valence-electron chi connectivity index (χ2n) is 3.50. The molecule has 0 radical (unpaired) electrons. The Balaban J connectivity index is 2.46. The number of benzene rings is 1. The zero-order chi connectivity index (χ0) is 11.8. The molecule has 1 aromatic carbocycles. The highest BCUT2D eigenvalue weighted by atomic mass is 19.4. The van der Waals surface area contributed by atoms with Gasteiger partial charge in [-0.15, -0.1) is 0 Å². The Morgan fingerprint density at radius 2 is 1.94 bits per heavy atom. The van der Waals surface area contributed by atoms with Crippen LogP contribution in [0, 0.1) is 0 Å². The molecule has 0 amide bonds. The summed E-state index contributed by atoms with van der Waals surface area (Å²) in [5.74, 6) is 0.608. The Bertz CT molecular complexity index is 501. The van der Waals surface area contributed by atoms with Crippen molar-refractivity contribution in [3.05, 3.63) is 35.6 Å². The lowest BCUT2D eigenvalue weighted by Gasteiger charge is -2.04. The lowest BCUT2D eigenvalue weighted by molar-refractivity contribution is -0.137. The summed E-state index contributed by atoms with van der Waals surface area (Å²) in [6.45, 7) is 0.409. The molecule has 2 rings (SSSR count). The van der Waals surface area contributed by atoms with Crippen LogP contribution in [0.1, 0.15) is 11.3 Å². The summed E-state index contributed by atoms with van der Waals surface area (Å²) in [5.41, 5.74) is 5.13. The topological polar surface area (TPSA) is 39.2 Å². The fourth-order valence-corrected chi connectivity index (χ4v) is 1.54. The molecular weight excluding hydrogens is 219 g/mol. The Kier molecular flexibility index (Phi) is 2.63. The highest BCUT2D eigenvalue weighted by molar-refractivity contribution is 5.78. The van der Waals surface area contributed by atoms with E-state index in [9.17, 15) is 13.2 Å². The van der Waals surface area contributed by atoms with Crippen molar-refractivity contribution in [1.82, 2.24) is 0 Å². The minimum atomic E-state index is -4.32. The van der Waals surface area contributed by atoms with E-state index >= 15 is 0 Å². The molecule has 1 heterocycles. The van der Waals surface area contributed by atoms with E-state index in [1.54, 1.807) is 6.07 Å². The number of furan rings is 1. The first-order chi connectivity index (χ1) is 7.50. The highest BCUT2D eigenvalue weighted by Gasteiger charge is 2.30. The third kappa shape index (κ3) is 2.04. The van der Waals surface area contributed by atoms with Gasteiger partial charge in [-0.2, -0.15) is 13.2 Å². The number of hydrogen-bond donors (Lipinski definition) is 1. The minimum Gasteiger partial charge on any atom is -0.461 e. The Labute approximate surface area is 89.8 Å². The standard InChI is InChI=1S/C11H10F3NO/c12-11(13,14)8-1-2-10-7(5-8)6-9(16-10)3-4-15/h1-2,5-6H,3-4,15H2. The Hall–Kier alpha value is -1.49. The van der Waals surface area contributed by atoms with Crippen LogP contribution in [0.3, 0.4) is 0 Å². The summed E-state index contributed by atoms with van der Waals surface area (Å²) in [6.07, 6.45) is -3.80. The fraction of sp³-hybridized carbons (Fsp3) is 0.273. The summed E-state index contributed by atoms with van der Waals surface area (Å²) in [5, 5.41) is 0.457. The van der Waals surface area contributed by atoms with Gasteiger partial charge in [0.05, 0.1) is 5.56 Å². The normalized spacial score (nSPS) is 12.2. The van der Waals surface area contributed by atoms with E-state index < -0.39 is 11.7 Å². The summed E-state index contributed by atoms with van der Waals surface area (Å²) in [7, 11) is 0. The van der Waals surface area contributed by atoms with Crippen molar-refractivity contribution < 1.29 is 17.6 Å². The lowest BCUT2D eigenvalue weighted by Crippen LogP contribution is -2.03. The highest BCUT2D eigenvalue weighted by Crippen LogP contribution is 2.32. The van der Waals surface area contributed by atoms with E-state index in [0.29, 0.717) is 29.7 Å². The van der Waals surface area contributed by atoms with Gasteiger partial charge in [-0.05, 0) is 30.8 Å². The van der Waals surface area contributed by atoms with Crippen LogP contribution in [0.25, 0.3) is 11.0 Å². The maximum Gasteiger partial charge on any atom is 0.416 e. The largest absolute Gasteiger partial charge is 0.461 e. The molecule has 5 heteroatoms. The number of hydrogen-bond acceptors (Lipinski definition) is 2. The lowest BCUT2D eigenvalue weighted by atomic mass is 10.1. The predicted octanol–water partition coefficient (Wildman–Crippen LogP) is 2.95. The molecule has 2 N–H and O–H groups in total. The summed E-state index contributed by atoms with van der Waals surface area (Å²) < 4.78 is 42.6. The number of alkyl halides is 3. The van der Waals surface area contributed by atoms with Crippen molar-refractivity contribution in [3.63, 3.8) is 0 Å². The van der Waals surface area contributed by atoms with Crippen LogP contribution in [0.4, 0.5) is 13.2 Å². The third-order valence-electron chi connectivity index (χ3n) is 2.29. The summed E-state index contributed by atoms with van der Waals surface area (Å²) in [6, 6.07) is 5.02. The van der Waals surface area contributed by atoms with Crippen molar-refractivity contribution in [2.45, 2.75) is 12.6 Å². The Morgan fingerprint density at radius 1 is 1.19 bits per heavy atom. The quantitative estimate of drug-likeness (QED) is 0.859. The second-order valence-corrected chi connectivity index (χ2v) is 3.50. The molecular formula is C11H10F3NO. The van der Waals surface area contributed by atoms with Gasteiger partial charge in [-0.25, -0.2) is 0 Å². The average molecular weight is 229 g/mol. The van der Waals surface area contributed by atoms with Crippen molar-refractivity contribution in [3.8, 4) is 0 Å². The number of fused-ring (bicyclic) bond motifs is 1. The molecule has 0 saturated carbocycles. The number of nitrogens with two attached hydrogens (primary N) is 1. The molecule has 0 spiro atoms. The molecule has 16 heavy (non-hydrogen) atoms. The molecule has 0 aliphatic heterocycles. The monoisotopic (exact) mass is 229 g/mol. The van der Waals surface area contributed by atoms with Crippen molar-refractivity contribution >= 4 is 11.0 Å². The van der Waals surface area contributed by atoms with E-state index in [1.807, 2.05) is 0 Å². The van der Waals surface area contributed by atoms with E-state index in [1.165, 1.54) is 6.07 Å². The third-order valence-corrected chi connectivity index (χ3v) is 2.29. The van der Waals surface area contributed by atoms with Gasteiger partial charge in [-0.1, -0.05) is 0 Å². The van der Waals surface area contributed by atoms with Gasteiger partial charge in [0, 0.05) is 11.8 Å². The van der Waals surface area contributed by atoms with Crippen LogP contribution in [-0.2, 0) is 12.6 Å². The molecule has 1 aromatic heterocycles. The van der Waals surface area contributed by atoms with Crippen molar-refractivity contribution in [2.24, 2.45) is 5.73 Å². The average Bonchev–Trinajstić information content (AvgIpc) is 2.57. The van der Waals surface area contributed by atoms with Crippen LogP contribution in [0.2, 0.25) is 0 Å². The van der Waals surface area contributed by atoms with Crippen LogP contribution in [0.15, 0.2) is 28.7 Å². The van der Waals surface area contributed by atoms with Gasteiger partial charge in [0.1, 0.15) is 11.3 Å². The molecule has 0 unspecified atom stereocenters. The number of halogens is 3. The molecule has 0 aliphatic carbocycles. The van der Waals surface area contributed by atoms with Crippen molar-refractivity contribution in [2.75, 3.05) is 6.54 Å². The van der Waals surface area contributed by atoms with Crippen LogP contribution < -0.4 is 5.73 Å². The first kappa shape index (κ1) is 11.0. The van der Waals surface area contributed by atoms with Crippen LogP contribution in [0.5, 0.6) is 0 Å². The van der Waals surface area contributed by atoms with Gasteiger partial charge >= 0.3 is 6.18 Å². The van der Waals surface area contributed by atoms with Gasteiger partial charge in [0.25, 0.3) is 0 Å². The molecule has 0 atom stereocenters. The SMILES string of the molecule is NCCc1cc2cc(C(F)(F)F)ccc2o1. The molecule has 86 valence electrons. The molecule has 2 nitrogen and oxygen atoms in total. The Morgan fingerprint density at radius 3 is 2.56 bits per heavy atom. The first-order valence-electron chi connectivity index (χ1n) is 4.80. The van der Waals surface area contributed by atoms with Gasteiger partial charge < -0.3 is 10.2 Å². The minimum absolute atomic E-state index is 0.409. The second kappa shape index (κ2) is 3.83. The smallest absolute Gasteiger partial charge is 0.416 e. The zero-order valence-corrected chi connectivity index (χ0v) is 8.34. The van der Waals surface area contributed by atoms with Gasteiger partial charge in [-0.3, -0.25) is 0 Å². The van der Waals surface area contributed by atoms with Crippen LogP contribution >= 0.6 is 0 Å². The van der Waals surface area contributed by atoms with E-state index in [-0.39, 0.29) is 0 Å². The fourth-order valence-electron chi connectivity index (χ4n) is 1.54. The van der Waals surface area contributed by atoms with E-state index in [0.717, 1.165) is 12.1 Å². The zero-order valence-electron chi connectivity index (χ0n) is 8.34. The molecule has 0 aliphatic rings. The van der Waals surface area contributed by atoms with E-state index in [4.69, 9.17) is 10.2 Å². The molecule has 2 aromatic rings. The van der Waals surface area contributed by atoms with Crippen LogP contribution in [-0.4, -0.2) is 6.54 Å². The van der Waals surface area contributed by atoms with Crippen molar-refractivity contribution in [1.29, 1.82) is 0 Å². The van der Waals surface area contributed by atoms with E-state index in [2.05, 4.69) is 0 Å². The maximum absolute atomic E-state index is 12.4. The predicted molar refractivity (Wildman–Crippen MR) is 54.0 cm³/mol. The van der Waals surface area contributed by atoms with Gasteiger partial charge in [0.2, 0.25) is 0 Å². The maximum atomic E-state index is 12.4. The molecule has 0 saturated heterocycles. The summed E-state index contributed by atoms with van der Waals surface area (Å²) in [4.78, 5) is 0. The number of rotatable bonds is 2. The first-order valence-corrected chi connectivity index (χ1v) is 4.80. The molecule has 0 fully saturated rings.